The lowest BCUT2D eigenvalue weighted by Gasteiger charge is -2.22. The van der Waals surface area contributed by atoms with E-state index in [9.17, 15) is 0 Å². The van der Waals surface area contributed by atoms with Crippen LogP contribution in [0, 0.1) is 0 Å². The zero-order valence-electron chi connectivity index (χ0n) is 17.8. The maximum Gasteiger partial charge on any atom is 0.193 e. The van der Waals surface area contributed by atoms with Gasteiger partial charge in [-0.3, -0.25) is 4.99 Å². The van der Waals surface area contributed by atoms with E-state index in [2.05, 4.69) is 44.1 Å². The van der Waals surface area contributed by atoms with E-state index in [4.69, 9.17) is 9.47 Å². The average molecular weight is 408 g/mol. The second-order valence-corrected chi connectivity index (χ2v) is 6.80. The minimum absolute atomic E-state index is 0.548. The van der Waals surface area contributed by atoms with Crippen LogP contribution < -0.4 is 14.8 Å². The molecule has 0 aliphatic rings. The Labute approximate surface area is 178 Å². The summed E-state index contributed by atoms with van der Waals surface area (Å²) in [6.45, 7) is 2.63. The molecule has 0 saturated heterocycles. The van der Waals surface area contributed by atoms with Gasteiger partial charge in [0.05, 0.1) is 20.2 Å². The molecule has 0 aliphatic carbocycles. The maximum atomic E-state index is 5.81. The van der Waals surface area contributed by atoms with Crippen LogP contribution in [0.3, 0.4) is 0 Å². The van der Waals surface area contributed by atoms with E-state index in [1.807, 2.05) is 54.7 Å². The summed E-state index contributed by atoms with van der Waals surface area (Å²) in [5.74, 6) is 3.38. The third kappa shape index (κ3) is 6.01. The van der Waals surface area contributed by atoms with Crippen LogP contribution in [0.15, 0.2) is 72.0 Å². The monoisotopic (exact) mass is 407 g/mol. The van der Waals surface area contributed by atoms with Crippen molar-refractivity contribution in [2.75, 3.05) is 34.4 Å². The van der Waals surface area contributed by atoms with Gasteiger partial charge in [-0.15, -0.1) is 0 Å². The molecule has 158 valence electrons. The fourth-order valence-electron chi connectivity index (χ4n) is 3.05. The molecule has 0 saturated carbocycles. The molecule has 1 heterocycles. The molecule has 0 radical (unpaired) electrons. The Morgan fingerprint density at radius 3 is 2.53 bits per heavy atom. The molecule has 7 nitrogen and oxygen atoms in total. The van der Waals surface area contributed by atoms with Gasteiger partial charge in [-0.1, -0.05) is 30.3 Å². The Kier molecular flexibility index (Phi) is 7.71. The maximum absolute atomic E-state index is 5.81. The molecule has 1 N–H and O–H groups in total. The molecular weight excluding hydrogens is 378 g/mol. The van der Waals surface area contributed by atoms with Crippen LogP contribution in [-0.2, 0) is 13.1 Å². The average Bonchev–Trinajstić information content (AvgIpc) is 3.22. The minimum Gasteiger partial charge on any atom is -0.497 e. The first-order chi connectivity index (χ1) is 14.7. The summed E-state index contributed by atoms with van der Waals surface area (Å²) in [5, 5.41) is 3.38. The quantitative estimate of drug-likeness (QED) is 0.436. The highest BCUT2D eigenvalue weighted by Crippen LogP contribution is 2.16. The first-order valence-electron chi connectivity index (χ1n) is 9.92. The van der Waals surface area contributed by atoms with E-state index in [0.717, 1.165) is 29.8 Å². The largest absolute Gasteiger partial charge is 0.497 e. The molecule has 0 aliphatic heterocycles. The van der Waals surface area contributed by atoms with Crippen LogP contribution in [0.1, 0.15) is 11.4 Å². The van der Waals surface area contributed by atoms with Crippen molar-refractivity contribution in [2.24, 2.45) is 4.99 Å². The van der Waals surface area contributed by atoms with Crippen molar-refractivity contribution in [3.63, 3.8) is 0 Å². The van der Waals surface area contributed by atoms with Crippen LogP contribution in [0.25, 0.3) is 0 Å². The molecule has 3 rings (SSSR count). The SMILES string of the molecule is CN=C(NCc1nccn1Cc1ccccc1)N(C)CCOc1ccc(OC)cc1. The molecule has 7 heteroatoms. The number of ether oxygens (including phenoxy) is 2. The molecule has 1 aromatic heterocycles. The van der Waals surface area contributed by atoms with Crippen LogP contribution in [0.4, 0.5) is 0 Å². The van der Waals surface area contributed by atoms with Gasteiger partial charge in [-0.2, -0.15) is 0 Å². The Morgan fingerprint density at radius 2 is 1.83 bits per heavy atom. The second kappa shape index (κ2) is 10.9. The number of aliphatic imine (C=N–C) groups is 1. The minimum atomic E-state index is 0.548. The zero-order chi connectivity index (χ0) is 21.2. The second-order valence-electron chi connectivity index (χ2n) is 6.80. The molecule has 0 unspecified atom stereocenters. The van der Waals surface area contributed by atoms with Gasteiger partial charge in [0, 0.05) is 33.0 Å². The number of aromatic nitrogens is 2. The number of methoxy groups -OCH3 is 1. The summed E-state index contributed by atoms with van der Waals surface area (Å²) < 4.78 is 13.1. The summed E-state index contributed by atoms with van der Waals surface area (Å²) in [5.41, 5.74) is 1.24. The number of imidazole rings is 1. The lowest BCUT2D eigenvalue weighted by Crippen LogP contribution is -2.40. The fraction of sp³-hybridized carbons (Fsp3) is 0.304. The highest BCUT2D eigenvalue weighted by Gasteiger charge is 2.09. The topological polar surface area (TPSA) is 63.9 Å². The summed E-state index contributed by atoms with van der Waals surface area (Å²) in [6, 6.07) is 17.9. The smallest absolute Gasteiger partial charge is 0.193 e. The third-order valence-electron chi connectivity index (χ3n) is 4.73. The molecule has 0 bridgehead atoms. The van der Waals surface area contributed by atoms with Crippen LogP contribution in [-0.4, -0.2) is 54.8 Å². The summed E-state index contributed by atoms with van der Waals surface area (Å²) in [6.07, 6.45) is 3.83. The van der Waals surface area contributed by atoms with E-state index in [0.29, 0.717) is 19.7 Å². The Morgan fingerprint density at radius 1 is 1.10 bits per heavy atom. The molecule has 3 aromatic rings. The molecule has 2 aromatic carbocycles. The van der Waals surface area contributed by atoms with Gasteiger partial charge in [0.2, 0.25) is 0 Å². The van der Waals surface area contributed by atoms with E-state index < -0.39 is 0 Å². The van der Waals surface area contributed by atoms with Crippen molar-refractivity contribution in [3.05, 3.63) is 78.4 Å². The van der Waals surface area contributed by atoms with Crippen LogP contribution >= 0.6 is 0 Å². The predicted octanol–water partition coefficient (Wildman–Crippen LogP) is 3.03. The van der Waals surface area contributed by atoms with Crippen molar-refractivity contribution in [3.8, 4) is 11.5 Å². The highest BCUT2D eigenvalue weighted by molar-refractivity contribution is 5.79. The molecule has 0 amide bonds. The van der Waals surface area contributed by atoms with E-state index in [-0.39, 0.29) is 0 Å². The number of nitrogens with one attached hydrogen (secondary N) is 1. The van der Waals surface area contributed by atoms with Crippen molar-refractivity contribution < 1.29 is 9.47 Å². The lowest BCUT2D eigenvalue weighted by molar-refractivity contribution is 0.281. The van der Waals surface area contributed by atoms with Gasteiger partial charge in [-0.05, 0) is 29.8 Å². The normalized spacial score (nSPS) is 11.2. The van der Waals surface area contributed by atoms with Gasteiger partial charge in [0.1, 0.15) is 23.9 Å². The molecule has 0 atom stereocenters. The molecule has 30 heavy (non-hydrogen) atoms. The first kappa shape index (κ1) is 21.2. The van der Waals surface area contributed by atoms with Crippen molar-refractivity contribution in [2.45, 2.75) is 13.1 Å². The fourth-order valence-corrected chi connectivity index (χ4v) is 3.05. The third-order valence-corrected chi connectivity index (χ3v) is 4.73. The van der Waals surface area contributed by atoms with Gasteiger partial charge < -0.3 is 24.3 Å². The lowest BCUT2D eigenvalue weighted by atomic mass is 10.2. The number of rotatable bonds is 9. The number of benzene rings is 2. The first-order valence-corrected chi connectivity index (χ1v) is 9.92. The molecule has 0 fully saturated rings. The van der Waals surface area contributed by atoms with Crippen molar-refractivity contribution in [1.82, 2.24) is 19.8 Å². The zero-order valence-corrected chi connectivity index (χ0v) is 17.8. The van der Waals surface area contributed by atoms with Gasteiger partial charge in [0.15, 0.2) is 5.96 Å². The molecular formula is C23H29N5O2. The van der Waals surface area contributed by atoms with E-state index >= 15 is 0 Å². The van der Waals surface area contributed by atoms with Crippen LogP contribution in [0.2, 0.25) is 0 Å². The number of hydrogen-bond donors (Lipinski definition) is 1. The summed E-state index contributed by atoms with van der Waals surface area (Å²) in [7, 11) is 5.42. The standard InChI is InChI=1S/C23H29N5O2/c1-24-23(27(2)15-16-30-21-11-9-20(29-3)10-12-21)26-17-22-25-13-14-28(22)18-19-7-5-4-6-8-19/h4-14H,15-18H2,1-3H3,(H,24,26). The van der Waals surface area contributed by atoms with Gasteiger partial charge in [-0.25, -0.2) is 4.98 Å². The highest BCUT2D eigenvalue weighted by atomic mass is 16.5. The van der Waals surface area contributed by atoms with Crippen LogP contribution in [0.5, 0.6) is 11.5 Å². The van der Waals surface area contributed by atoms with Gasteiger partial charge >= 0.3 is 0 Å². The molecule has 0 spiro atoms. The number of likely N-dealkylation sites (N-methyl/N-ethyl adjacent to an activating group) is 1. The van der Waals surface area contributed by atoms with Gasteiger partial charge in [0.25, 0.3) is 0 Å². The van der Waals surface area contributed by atoms with E-state index in [1.54, 1.807) is 14.2 Å². The van der Waals surface area contributed by atoms with Crippen molar-refractivity contribution >= 4 is 5.96 Å². The number of hydrogen-bond acceptors (Lipinski definition) is 4. The van der Waals surface area contributed by atoms with Crippen molar-refractivity contribution in [1.29, 1.82) is 0 Å². The number of guanidine groups is 1. The Hall–Kier alpha value is -3.48. The predicted molar refractivity (Wildman–Crippen MR) is 119 cm³/mol. The summed E-state index contributed by atoms with van der Waals surface area (Å²) >= 11 is 0. The number of nitrogens with zero attached hydrogens (tertiary/aromatic N) is 4. The summed E-state index contributed by atoms with van der Waals surface area (Å²) in [4.78, 5) is 10.9. The van der Waals surface area contributed by atoms with E-state index in [1.165, 1.54) is 5.56 Å². The Balaban J connectivity index is 1.47. The Bertz CT molecular complexity index is 922.